The Morgan fingerprint density at radius 2 is 2.11 bits per heavy atom. The number of hydrogen-bond acceptors (Lipinski definition) is 7. The average Bonchev–Trinajstić information content (AvgIpc) is 3.20. The molecule has 2 aliphatic rings. The van der Waals surface area contributed by atoms with E-state index in [9.17, 15) is 4.39 Å². The molecule has 4 rings (SSSR count). The van der Waals surface area contributed by atoms with Crippen LogP contribution in [0.25, 0.3) is 0 Å². The molecule has 1 aliphatic carbocycles. The van der Waals surface area contributed by atoms with E-state index in [4.69, 9.17) is 21.6 Å². The highest BCUT2D eigenvalue weighted by molar-refractivity contribution is 6.13. The molecule has 8 heteroatoms. The van der Waals surface area contributed by atoms with Crippen LogP contribution in [0, 0.1) is 11.2 Å². The summed E-state index contributed by atoms with van der Waals surface area (Å²) in [6.45, 7) is 3.48. The van der Waals surface area contributed by atoms with E-state index < -0.39 is 5.82 Å². The topological polar surface area (TPSA) is 114 Å². The van der Waals surface area contributed by atoms with Crippen LogP contribution in [0.1, 0.15) is 37.4 Å². The third-order valence-corrected chi connectivity index (χ3v) is 5.14. The van der Waals surface area contributed by atoms with Crippen molar-refractivity contribution in [2.24, 2.45) is 5.73 Å². The van der Waals surface area contributed by atoms with Gasteiger partial charge in [-0.25, -0.2) is 14.4 Å². The van der Waals surface area contributed by atoms with Gasteiger partial charge in [0, 0.05) is 42.5 Å². The predicted octanol–water partition coefficient (Wildman–Crippen LogP) is 2.08. The lowest BCUT2D eigenvalue weighted by atomic mass is 10.0. The van der Waals surface area contributed by atoms with Crippen molar-refractivity contribution in [3.05, 3.63) is 41.6 Å². The van der Waals surface area contributed by atoms with Gasteiger partial charge in [0.25, 0.3) is 0 Å². The SMILES string of the molecule is CC1(Oc2cc(C(=N)c3cc(N4CC[C@H](N)C4)ncn3)c(N)cc2F)CC1. The fourth-order valence-electron chi connectivity index (χ4n) is 3.20. The van der Waals surface area contributed by atoms with Gasteiger partial charge >= 0.3 is 0 Å². The first-order chi connectivity index (χ1) is 12.8. The van der Waals surface area contributed by atoms with E-state index >= 15 is 0 Å². The van der Waals surface area contributed by atoms with Crippen molar-refractivity contribution in [3.8, 4) is 5.75 Å². The molecule has 27 heavy (non-hydrogen) atoms. The molecule has 1 aliphatic heterocycles. The Hall–Kier alpha value is -2.74. The standard InChI is InChI=1S/C19H23FN6O/c1-19(3-4-19)27-16-6-12(14(22)7-13(16)20)18(23)15-8-17(25-10-24-15)26-5-2-11(21)9-26/h6-8,10-11,23H,2-5,9,21-22H2,1H3/t11-/m0/s1. The molecular weight excluding hydrogens is 347 g/mol. The van der Waals surface area contributed by atoms with Gasteiger partial charge in [0.15, 0.2) is 11.6 Å². The number of anilines is 2. The number of aromatic nitrogens is 2. The van der Waals surface area contributed by atoms with Crippen molar-refractivity contribution in [1.29, 1.82) is 5.41 Å². The van der Waals surface area contributed by atoms with Crippen molar-refractivity contribution in [2.45, 2.75) is 37.8 Å². The molecule has 1 saturated carbocycles. The van der Waals surface area contributed by atoms with Gasteiger partial charge in [-0.1, -0.05) is 0 Å². The minimum atomic E-state index is -0.522. The van der Waals surface area contributed by atoms with Crippen molar-refractivity contribution in [1.82, 2.24) is 9.97 Å². The second-order valence-electron chi connectivity index (χ2n) is 7.55. The van der Waals surface area contributed by atoms with Gasteiger partial charge in [-0.05, 0) is 32.3 Å². The Kier molecular flexibility index (Phi) is 4.22. The summed E-state index contributed by atoms with van der Waals surface area (Å²) in [7, 11) is 0. The first-order valence-corrected chi connectivity index (χ1v) is 9.04. The van der Waals surface area contributed by atoms with Gasteiger partial charge in [-0.2, -0.15) is 0 Å². The Bertz CT molecular complexity index is 898. The normalized spacial score (nSPS) is 20.6. The van der Waals surface area contributed by atoms with Gasteiger partial charge in [0.1, 0.15) is 17.7 Å². The van der Waals surface area contributed by atoms with Gasteiger partial charge in [0.2, 0.25) is 0 Å². The number of rotatable bonds is 5. The van der Waals surface area contributed by atoms with Crippen LogP contribution in [0.15, 0.2) is 24.5 Å². The lowest BCUT2D eigenvalue weighted by Crippen LogP contribution is -2.27. The van der Waals surface area contributed by atoms with Crippen LogP contribution >= 0.6 is 0 Å². The summed E-state index contributed by atoms with van der Waals surface area (Å²) in [5, 5.41) is 8.54. The van der Waals surface area contributed by atoms with Crippen LogP contribution in [0.4, 0.5) is 15.9 Å². The maximum atomic E-state index is 14.2. The van der Waals surface area contributed by atoms with Crippen LogP contribution in [0.2, 0.25) is 0 Å². The van der Waals surface area contributed by atoms with Gasteiger partial charge in [-0.15, -0.1) is 0 Å². The van der Waals surface area contributed by atoms with E-state index in [1.54, 1.807) is 6.07 Å². The zero-order valence-corrected chi connectivity index (χ0v) is 15.2. The summed E-state index contributed by atoms with van der Waals surface area (Å²) in [4.78, 5) is 10.6. The van der Waals surface area contributed by atoms with E-state index in [1.165, 1.54) is 18.5 Å². The predicted molar refractivity (Wildman–Crippen MR) is 102 cm³/mol. The monoisotopic (exact) mass is 370 g/mol. The van der Waals surface area contributed by atoms with E-state index in [0.29, 0.717) is 11.3 Å². The van der Waals surface area contributed by atoms with Crippen molar-refractivity contribution >= 4 is 17.2 Å². The number of nitrogen functional groups attached to an aromatic ring is 1. The van der Waals surface area contributed by atoms with Crippen molar-refractivity contribution < 1.29 is 9.13 Å². The first-order valence-electron chi connectivity index (χ1n) is 9.04. The molecule has 2 aromatic rings. The zero-order chi connectivity index (χ0) is 19.2. The lowest BCUT2D eigenvalue weighted by molar-refractivity contribution is 0.191. The molecule has 1 aromatic carbocycles. The van der Waals surface area contributed by atoms with Crippen LogP contribution in [0.3, 0.4) is 0 Å². The van der Waals surface area contributed by atoms with E-state index in [1.807, 2.05) is 6.92 Å². The molecule has 2 fully saturated rings. The van der Waals surface area contributed by atoms with Gasteiger partial charge in [-0.3, -0.25) is 5.41 Å². The van der Waals surface area contributed by atoms with Crippen molar-refractivity contribution in [2.75, 3.05) is 23.7 Å². The summed E-state index contributed by atoms with van der Waals surface area (Å²) >= 11 is 0. The highest BCUT2D eigenvalue weighted by Gasteiger charge is 2.40. The van der Waals surface area contributed by atoms with E-state index in [2.05, 4.69) is 14.9 Å². The van der Waals surface area contributed by atoms with E-state index in [-0.39, 0.29) is 28.8 Å². The Labute approximate surface area is 157 Å². The molecule has 1 saturated heterocycles. The summed E-state index contributed by atoms with van der Waals surface area (Å²) in [5.41, 5.74) is 12.7. The number of ether oxygens (including phenoxy) is 1. The lowest BCUT2D eigenvalue weighted by Gasteiger charge is -2.18. The van der Waals surface area contributed by atoms with E-state index in [0.717, 1.165) is 38.2 Å². The third kappa shape index (κ3) is 3.57. The van der Waals surface area contributed by atoms with Crippen LogP contribution < -0.4 is 21.1 Å². The molecule has 0 radical (unpaired) electrons. The maximum absolute atomic E-state index is 14.2. The molecule has 0 amide bonds. The number of hydrogen-bond donors (Lipinski definition) is 3. The van der Waals surface area contributed by atoms with Crippen molar-refractivity contribution in [3.63, 3.8) is 0 Å². The first kappa shape index (κ1) is 17.7. The second-order valence-corrected chi connectivity index (χ2v) is 7.55. The number of benzene rings is 1. The molecule has 0 spiro atoms. The van der Waals surface area contributed by atoms with Crippen LogP contribution in [0.5, 0.6) is 5.75 Å². The molecule has 1 atom stereocenters. The number of nitrogens with two attached hydrogens (primary N) is 2. The molecule has 7 nitrogen and oxygen atoms in total. The molecule has 0 bridgehead atoms. The third-order valence-electron chi connectivity index (χ3n) is 5.14. The highest BCUT2D eigenvalue weighted by Crippen LogP contribution is 2.41. The molecule has 2 heterocycles. The fraction of sp³-hybridized carbons (Fsp3) is 0.421. The zero-order valence-electron chi connectivity index (χ0n) is 15.2. The Morgan fingerprint density at radius 1 is 1.33 bits per heavy atom. The molecule has 0 unspecified atom stereocenters. The summed E-state index contributed by atoms with van der Waals surface area (Å²) in [5.74, 6) is 0.315. The number of halogens is 1. The molecule has 1 aromatic heterocycles. The number of nitrogens with zero attached hydrogens (tertiary/aromatic N) is 3. The summed E-state index contributed by atoms with van der Waals surface area (Å²) in [6.07, 6.45) is 4.10. The molecule has 5 N–H and O–H groups in total. The number of nitrogens with one attached hydrogen (secondary N) is 1. The van der Waals surface area contributed by atoms with Gasteiger partial charge in [0.05, 0.1) is 11.4 Å². The smallest absolute Gasteiger partial charge is 0.167 e. The van der Waals surface area contributed by atoms with Crippen LogP contribution in [-0.4, -0.2) is 40.4 Å². The molecule has 142 valence electrons. The fourth-order valence-corrected chi connectivity index (χ4v) is 3.20. The van der Waals surface area contributed by atoms with Gasteiger partial charge < -0.3 is 21.1 Å². The minimum Gasteiger partial charge on any atom is -0.484 e. The van der Waals surface area contributed by atoms with Crippen LogP contribution in [-0.2, 0) is 0 Å². The average molecular weight is 370 g/mol. The minimum absolute atomic E-state index is 0.102. The molecular formula is C19H23FN6O. The largest absolute Gasteiger partial charge is 0.484 e. The summed E-state index contributed by atoms with van der Waals surface area (Å²) in [6, 6.07) is 4.56. The Morgan fingerprint density at radius 3 is 2.78 bits per heavy atom. The highest BCUT2D eigenvalue weighted by atomic mass is 19.1. The Balaban J connectivity index is 1.63. The quantitative estimate of drug-likeness (QED) is 0.548. The summed E-state index contributed by atoms with van der Waals surface area (Å²) < 4.78 is 20.0. The second kappa shape index (κ2) is 6.45. The maximum Gasteiger partial charge on any atom is 0.167 e.